The Balaban J connectivity index is 0.000000407. The van der Waals surface area contributed by atoms with Crippen LogP contribution in [0.2, 0.25) is 5.02 Å². The summed E-state index contributed by atoms with van der Waals surface area (Å²) >= 11 is 5.86. The third kappa shape index (κ3) is 8.42. The van der Waals surface area contributed by atoms with Crippen LogP contribution in [-0.4, -0.2) is 104 Å². The molecule has 1 heterocycles. The molecular formula is C20H29ClN2O8. The highest BCUT2D eigenvalue weighted by Crippen LogP contribution is 2.17. The standard InChI is InChI=1S/C16H23ClN2O2.C4H6O6/c1-3-4-14(9-19-10-15(20)11-19)18(2)16(21)12-5-7-13(17)8-6-12;5-1(3(7)8)2(6)4(9)10/h5-8,14-15,20H,3-4,9-11H2,1-2H3;1-2,5-6H,(H,7,8)(H,9,10). The fraction of sp³-hybridized carbons (Fsp3) is 0.550. The number of hydrogen-bond acceptors (Lipinski definition) is 7. The highest BCUT2D eigenvalue weighted by molar-refractivity contribution is 6.30. The molecule has 1 aliphatic heterocycles. The zero-order valence-electron chi connectivity index (χ0n) is 17.4. The Hall–Kier alpha value is -2.24. The summed E-state index contributed by atoms with van der Waals surface area (Å²) in [5, 5.41) is 42.5. The van der Waals surface area contributed by atoms with Crippen molar-refractivity contribution in [2.24, 2.45) is 0 Å². The summed E-state index contributed by atoms with van der Waals surface area (Å²) in [5.74, 6) is -3.52. The number of likely N-dealkylation sites (tertiary alicyclic amines) is 1. The quantitative estimate of drug-likeness (QED) is 0.345. The normalized spacial score (nSPS) is 16.8. The molecule has 0 saturated carbocycles. The van der Waals surface area contributed by atoms with Crippen LogP contribution in [0.5, 0.6) is 0 Å². The SMILES string of the molecule is CCCC(CN1CC(O)C1)N(C)C(=O)c1ccc(Cl)cc1.O=C(O)C(O)C(O)C(=O)O. The molecular weight excluding hydrogens is 432 g/mol. The van der Waals surface area contributed by atoms with Gasteiger partial charge in [-0.25, -0.2) is 9.59 Å². The van der Waals surface area contributed by atoms with E-state index in [1.54, 1.807) is 24.3 Å². The van der Waals surface area contributed by atoms with Crippen molar-refractivity contribution in [3.63, 3.8) is 0 Å². The number of halogens is 1. The molecule has 0 aliphatic carbocycles. The van der Waals surface area contributed by atoms with E-state index in [1.807, 2.05) is 11.9 Å². The van der Waals surface area contributed by atoms with Crippen molar-refractivity contribution in [1.82, 2.24) is 9.80 Å². The molecule has 3 atom stereocenters. The first kappa shape index (κ1) is 26.8. The molecule has 1 aliphatic rings. The number of likely N-dealkylation sites (N-methyl/N-ethyl adjacent to an activating group) is 1. The second kappa shape index (κ2) is 12.6. The molecule has 0 radical (unpaired) electrons. The van der Waals surface area contributed by atoms with Gasteiger partial charge in [0, 0.05) is 43.3 Å². The van der Waals surface area contributed by atoms with Gasteiger partial charge in [-0.15, -0.1) is 0 Å². The smallest absolute Gasteiger partial charge is 0.335 e. The number of hydrogen-bond donors (Lipinski definition) is 5. The summed E-state index contributed by atoms with van der Waals surface area (Å²) in [5.41, 5.74) is 0.659. The van der Waals surface area contributed by atoms with Gasteiger partial charge >= 0.3 is 11.9 Å². The number of aliphatic carboxylic acids is 2. The molecule has 1 aromatic carbocycles. The molecule has 0 spiro atoms. The fourth-order valence-electron chi connectivity index (χ4n) is 2.96. The molecule has 10 nitrogen and oxygen atoms in total. The number of rotatable bonds is 9. The minimum Gasteiger partial charge on any atom is -0.479 e. The van der Waals surface area contributed by atoms with Crippen molar-refractivity contribution < 1.29 is 39.9 Å². The van der Waals surface area contributed by atoms with E-state index in [4.69, 9.17) is 32.0 Å². The molecule has 174 valence electrons. The minimum absolute atomic E-state index is 0.0196. The number of carboxylic acids is 2. The van der Waals surface area contributed by atoms with Gasteiger partial charge in [-0.2, -0.15) is 0 Å². The van der Waals surface area contributed by atoms with E-state index in [9.17, 15) is 19.5 Å². The Labute approximate surface area is 185 Å². The van der Waals surface area contributed by atoms with E-state index in [1.165, 1.54) is 0 Å². The van der Waals surface area contributed by atoms with E-state index in [0.29, 0.717) is 23.7 Å². The van der Waals surface area contributed by atoms with Crippen LogP contribution in [0.15, 0.2) is 24.3 Å². The maximum Gasteiger partial charge on any atom is 0.335 e. The van der Waals surface area contributed by atoms with Crippen LogP contribution in [0.3, 0.4) is 0 Å². The monoisotopic (exact) mass is 460 g/mol. The van der Waals surface area contributed by atoms with Crippen molar-refractivity contribution in [3.8, 4) is 0 Å². The van der Waals surface area contributed by atoms with Gasteiger partial charge in [0.05, 0.1) is 6.10 Å². The van der Waals surface area contributed by atoms with Crippen LogP contribution < -0.4 is 0 Å². The molecule has 1 aromatic rings. The Bertz CT molecular complexity index is 721. The molecule has 0 bridgehead atoms. The zero-order valence-corrected chi connectivity index (χ0v) is 18.1. The number of carboxylic acid groups (broad SMARTS) is 2. The molecule has 0 aromatic heterocycles. The van der Waals surface area contributed by atoms with Crippen LogP contribution in [0, 0.1) is 0 Å². The number of benzene rings is 1. The number of aliphatic hydroxyl groups excluding tert-OH is 3. The van der Waals surface area contributed by atoms with Gasteiger partial charge in [0.15, 0.2) is 12.2 Å². The van der Waals surface area contributed by atoms with Gasteiger partial charge in [0.1, 0.15) is 0 Å². The second-order valence-corrected chi connectivity index (χ2v) is 7.74. The minimum atomic E-state index is -2.27. The lowest BCUT2D eigenvalue weighted by molar-refractivity contribution is -0.165. The topological polar surface area (TPSA) is 159 Å². The molecule has 2 rings (SSSR count). The van der Waals surface area contributed by atoms with E-state index >= 15 is 0 Å². The molecule has 11 heteroatoms. The summed E-state index contributed by atoms with van der Waals surface area (Å²) in [4.78, 5) is 36.1. The van der Waals surface area contributed by atoms with Gasteiger partial charge in [0.25, 0.3) is 5.91 Å². The van der Waals surface area contributed by atoms with E-state index in [-0.39, 0.29) is 18.1 Å². The maximum absolute atomic E-state index is 12.5. The predicted molar refractivity (Wildman–Crippen MR) is 112 cm³/mol. The number of amides is 1. The van der Waals surface area contributed by atoms with Crippen LogP contribution >= 0.6 is 11.6 Å². The number of nitrogens with zero attached hydrogens (tertiary/aromatic N) is 2. The summed E-state index contributed by atoms with van der Waals surface area (Å²) < 4.78 is 0. The van der Waals surface area contributed by atoms with Crippen LogP contribution in [0.1, 0.15) is 30.1 Å². The van der Waals surface area contributed by atoms with Gasteiger partial charge in [-0.3, -0.25) is 9.69 Å². The van der Waals surface area contributed by atoms with Crippen molar-refractivity contribution >= 4 is 29.4 Å². The van der Waals surface area contributed by atoms with Gasteiger partial charge < -0.3 is 30.4 Å². The molecule has 1 fully saturated rings. The van der Waals surface area contributed by atoms with Crippen molar-refractivity contribution in [2.45, 2.75) is 44.1 Å². The average Bonchev–Trinajstić information content (AvgIpc) is 2.70. The van der Waals surface area contributed by atoms with Crippen molar-refractivity contribution in [3.05, 3.63) is 34.9 Å². The number of carbonyl (C=O) groups is 3. The van der Waals surface area contributed by atoms with Gasteiger partial charge in [-0.05, 0) is 30.7 Å². The first-order valence-electron chi connectivity index (χ1n) is 9.72. The molecule has 31 heavy (non-hydrogen) atoms. The summed E-state index contributed by atoms with van der Waals surface area (Å²) in [6.07, 6.45) is -2.75. The highest BCUT2D eigenvalue weighted by atomic mass is 35.5. The number of β-amino-alcohol motifs (C(OH)–C–C–N with tert-alkyl or cyclic N) is 1. The largest absolute Gasteiger partial charge is 0.479 e. The van der Waals surface area contributed by atoms with Gasteiger partial charge in [-0.1, -0.05) is 24.9 Å². The fourth-order valence-corrected chi connectivity index (χ4v) is 3.09. The first-order valence-corrected chi connectivity index (χ1v) is 10.1. The number of carbonyl (C=O) groups excluding carboxylic acids is 1. The van der Waals surface area contributed by atoms with Gasteiger partial charge in [0.2, 0.25) is 0 Å². The lowest BCUT2D eigenvalue weighted by atomic mass is 10.1. The lowest BCUT2D eigenvalue weighted by Crippen LogP contribution is -2.55. The molecule has 5 N–H and O–H groups in total. The van der Waals surface area contributed by atoms with Crippen molar-refractivity contribution in [1.29, 1.82) is 0 Å². The Morgan fingerprint density at radius 2 is 1.58 bits per heavy atom. The third-order valence-corrected chi connectivity index (χ3v) is 5.05. The Morgan fingerprint density at radius 1 is 1.10 bits per heavy atom. The Kier molecular flexibility index (Phi) is 10.9. The summed E-state index contributed by atoms with van der Waals surface area (Å²) in [7, 11) is 1.85. The Morgan fingerprint density at radius 3 is 1.97 bits per heavy atom. The maximum atomic E-state index is 12.5. The van der Waals surface area contributed by atoms with E-state index in [2.05, 4.69) is 11.8 Å². The van der Waals surface area contributed by atoms with E-state index < -0.39 is 24.1 Å². The highest BCUT2D eigenvalue weighted by Gasteiger charge is 2.30. The predicted octanol–water partition coefficient (Wildman–Crippen LogP) is 0.135. The summed E-state index contributed by atoms with van der Waals surface area (Å²) in [6, 6.07) is 7.17. The number of aliphatic hydroxyl groups is 3. The first-order chi connectivity index (χ1) is 14.5. The summed E-state index contributed by atoms with van der Waals surface area (Å²) in [6.45, 7) is 4.37. The van der Waals surface area contributed by atoms with E-state index in [0.717, 1.165) is 19.4 Å². The van der Waals surface area contributed by atoms with Crippen molar-refractivity contribution in [2.75, 3.05) is 26.7 Å². The zero-order chi connectivity index (χ0) is 23.7. The molecule has 3 unspecified atom stereocenters. The lowest BCUT2D eigenvalue weighted by Gasteiger charge is -2.40. The second-order valence-electron chi connectivity index (χ2n) is 7.30. The average molecular weight is 461 g/mol. The third-order valence-electron chi connectivity index (χ3n) is 4.79. The van der Waals surface area contributed by atoms with Crippen LogP contribution in [-0.2, 0) is 9.59 Å². The van der Waals surface area contributed by atoms with Crippen LogP contribution in [0.4, 0.5) is 0 Å². The molecule has 1 amide bonds. The molecule has 1 saturated heterocycles. The van der Waals surface area contributed by atoms with Crippen LogP contribution in [0.25, 0.3) is 0 Å².